The van der Waals surface area contributed by atoms with Gasteiger partial charge in [0.25, 0.3) is 0 Å². The molecule has 0 aliphatic heterocycles. The van der Waals surface area contributed by atoms with E-state index in [9.17, 15) is 9.59 Å². The van der Waals surface area contributed by atoms with Gasteiger partial charge in [0.1, 0.15) is 12.2 Å². The van der Waals surface area contributed by atoms with Crippen LogP contribution in [0.25, 0.3) is 0 Å². The predicted octanol–water partition coefficient (Wildman–Crippen LogP) is 3.85. The molecule has 140 valence electrons. The van der Waals surface area contributed by atoms with Crippen molar-refractivity contribution in [3.8, 4) is 0 Å². The van der Waals surface area contributed by atoms with Gasteiger partial charge >= 0.3 is 12.2 Å². The highest BCUT2D eigenvalue weighted by Gasteiger charge is 2.22. The number of amides is 2. The van der Waals surface area contributed by atoms with E-state index in [-0.39, 0.29) is 25.1 Å². The second kappa shape index (κ2) is 9.91. The lowest BCUT2D eigenvalue weighted by Gasteiger charge is -2.25. The highest BCUT2D eigenvalue weighted by Crippen LogP contribution is 2.10. The van der Waals surface area contributed by atoms with Crippen molar-refractivity contribution in [1.82, 2.24) is 10.6 Å². The van der Waals surface area contributed by atoms with Gasteiger partial charge in [0.05, 0.1) is 6.04 Å². The smallest absolute Gasteiger partial charge is 0.407 e. The molecule has 6 heteroatoms. The second-order valence-corrected chi connectivity index (χ2v) is 7.08. The van der Waals surface area contributed by atoms with Crippen molar-refractivity contribution in [2.45, 2.75) is 59.3 Å². The molecule has 0 heterocycles. The number of ether oxygens (including phenoxy) is 2. The van der Waals surface area contributed by atoms with Crippen LogP contribution in [-0.4, -0.2) is 30.4 Å². The number of benzene rings is 1. The summed E-state index contributed by atoms with van der Waals surface area (Å²) in [5, 5.41) is 5.53. The van der Waals surface area contributed by atoms with Gasteiger partial charge in [-0.1, -0.05) is 50.6 Å². The summed E-state index contributed by atoms with van der Waals surface area (Å²) in [6.07, 6.45) is -0.139. The Balaban J connectivity index is 2.49. The minimum Gasteiger partial charge on any atom is -0.445 e. The third kappa shape index (κ3) is 8.98. The number of carbonyl (C=O) groups is 2. The Morgan fingerprint density at radius 2 is 1.76 bits per heavy atom. The molecule has 0 aliphatic rings. The molecule has 2 atom stereocenters. The summed E-state index contributed by atoms with van der Waals surface area (Å²) in [5.74, 6) is 0.180. The summed E-state index contributed by atoms with van der Waals surface area (Å²) >= 11 is 0. The van der Waals surface area contributed by atoms with E-state index in [1.165, 1.54) is 0 Å². The molecule has 0 fully saturated rings. The van der Waals surface area contributed by atoms with Crippen molar-refractivity contribution < 1.29 is 19.1 Å². The molecule has 1 rings (SSSR count). The highest BCUT2D eigenvalue weighted by atomic mass is 16.6. The third-order valence-electron chi connectivity index (χ3n) is 3.71. The summed E-state index contributed by atoms with van der Waals surface area (Å²) < 4.78 is 10.5. The first kappa shape index (κ1) is 20.8. The Labute approximate surface area is 150 Å². The van der Waals surface area contributed by atoms with Crippen LogP contribution in [0.5, 0.6) is 0 Å². The van der Waals surface area contributed by atoms with E-state index in [4.69, 9.17) is 9.47 Å². The Morgan fingerprint density at radius 3 is 2.32 bits per heavy atom. The van der Waals surface area contributed by atoms with Gasteiger partial charge in [0, 0.05) is 6.54 Å². The molecule has 25 heavy (non-hydrogen) atoms. The summed E-state index contributed by atoms with van der Waals surface area (Å²) in [6, 6.07) is 9.24. The molecule has 0 spiro atoms. The standard InChI is InChI=1S/C19H30N2O4/c1-6-14(2)16(12-20-17(22)25-19(3,4)5)21-18(23)24-13-15-10-8-7-9-11-15/h7-11,14,16H,6,12-13H2,1-5H3,(H,20,22)(H,21,23)/t14-,16?/m0/s1. The molecule has 0 bridgehead atoms. The average Bonchev–Trinajstić information content (AvgIpc) is 2.55. The average molecular weight is 350 g/mol. The van der Waals surface area contributed by atoms with Crippen molar-refractivity contribution in [2.75, 3.05) is 6.54 Å². The second-order valence-electron chi connectivity index (χ2n) is 7.08. The molecule has 6 nitrogen and oxygen atoms in total. The quantitative estimate of drug-likeness (QED) is 0.783. The van der Waals surface area contributed by atoms with E-state index in [2.05, 4.69) is 10.6 Å². The molecule has 0 saturated heterocycles. The van der Waals surface area contributed by atoms with Gasteiger partial charge < -0.3 is 20.1 Å². The van der Waals surface area contributed by atoms with Gasteiger partial charge in [-0.25, -0.2) is 9.59 Å². The van der Waals surface area contributed by atoms with E-state index in [1.54, 1.807) is 20.8 Å². The molecule has 2 amide bonds. The maximum atomic E-state index is 12.0. The minimum atomic E-state index is -0.558. The van der Waals surface area contributed by atoms with Gasteiger partial charge in [0.2, 0.25) is 0 Å². The zero-order valence-corrected chi connectivity index (χ0v) is 15.8. The lowest BCUT2D eigenvalue weighted by atomic mass is 9.99. The van der Waals surface area contributed by atoms with Crippen molar-refractivity contribution >= 4 is 12.2 Å². The first-order valence-corrected chi connectivity index (χ1v) is 8.65. The highest BCUT2D eigenvalue weighted by molar-refractivity contribution is 5.69. The normalized spacial score (nSPS) is 13.5. The van der Waals surface area contributed by atoms with Crippen LogP contribution in [0, 0.1) is 5.92 Å². The van der Waals surface area contributed by atoms with E-state index >= 15 is 0 Å². The van der Waals surface area contributed by atoms with Gasteiger partial charge in [0.15, 0.2) is 0 Å². The predicted molar refractivity (Wildman–Crippen MR) is 97.2 cm³/mol. The lowest BCUT2D eigenvalue weighted by molar-refractivity contribution is 0.0516. The number of nitrogens with one attached hydrogen (secondary N) is 2. The Bertz CT molecular complexity index is 540. The van der Waals surface area contributed by atoms with Crippen molar-refractivity contribution in [3.05, 3.63) is 35.9 Å². The molecule has 1 aromatic carbocycles. The van der Waals surface area contributed by atoms with Gasteiger partial charge in [-0.05, 0) is 32.3 Å². The molecule has 0 aliphatic carbocycles. The van der Waals surface area contributed by atoms with Crippen LogP contribution in [0.3, 0.4) is 0 Å². The molecule has 2 N–H and O–H groups in total. The summed E-state index contributed by atoms with van der Waals surface area (Å²) in [5.41, 5.74) is 0.363. The van der Waals surface area contributed by atoms with E-state index in [0.717, 1.165) is 12.0 Å². The topological polar surface area (TPSA) is 76.7 Å². The Kier molecular flexibility index (Phi) is 8.25. The first-order valence-electron chi connectivity index (χ1n) is 8.65. The number of rotatable bonds is 7. The Hall–Kier alpha value is -2.24. The molecule has 1 unspecified atom stereocenters. The maximum Gasteiger partial charge on any atom is 0.407 e. The van der Waals surface area contributed by atoms with E-state index in [0.29, 0.717) is 0 Å². The maximum absolute atomic E-state index is 12.0. The molecule has 1 aromatic rings. The number of hydrogen-bond acceptors (Lipinski definition) is 4. The van der Waals surface area contributed by atoms with Crippen LogP contribution in [0.1, 0.15) is 46.6 Å². The van der Waals surface area contributed by atoms with Gasteiger partial charge in [-0.15, -0.1) is 0 Å². The molecule has 0 radical (unpaired) electrons. The van der Waals surface area contributed by atoms with Crippen LogP contribution in [0.2, 0.25) is 0 Å². The number of alkyl carbamates (subject to hydrolysis) is 2. The van der Waals surface area contributed by atoms with Crippen LogP contribution in [0.4, 0.5) is 9.59 Å². The van der Waals surface area contributed by atoms with E-state index in [1.807, 2.05) is 44.2 Å². The first-order chi connectivity index (χ1) is 11.7. The van der Waals surface area contributed by atoms with Crippen LogP contribution < -0.4 is 10.6 Å². The summed E-state index contributed by atoms with van der Waals surface area (Å²) in [7, 11) is 0. The fourth-order valence-electron chi connectivity index (χ4n) is 2.10. The molecule has 0 aromatic heterocycles. The summed E-state index contributed by atoms with van der Waals surface area (Å²) in [4.78, 5) is 23.8. The molecular weight excluding hydrogens is 320 g/mol. The lowest BCUT2D eigenvalue weighted by Crippen LogP contribution is -2.48. The van der Waals surface area contributed by atoms with Crippen molar-refractivity contribution in [2.24, 2.45) is 5.92 Å². The molecule has 0 saturated carbocycles. The fraction of sp³-hybridized carbons (Fsp3) is 0.579. The Morgan fingerprint density at radius 1 is 1.12 bits per heavy atom. The monoisotopic (exact) mass is 350 g/mol. The number of hydrogen-bond donors (Lipinski definition) is 2. The largest absolute Gasteiger partial charge is 0.445 e. The van der Waals surface area contributed by atoms with Crippen LogP contribution >= 0.6 is 0 Å². The van der Waals surface area contributed by atoms with Gasteiger partial charge in [-0.3, -0.25) is 0 Å². The van der Waals surface area contributed by atoms with Crippen LogP contribution in [0.15, 0.2) is 30.3 Å². The fourth-order valence-corrected chi connectivity index (χ4v) is 2.10. The number of carbonyl (C=O) groups excluding carboxylic acids is 2. The van der Waals surface area contributed by atoms with Gasteiger partial charge in [-0.2, -0.15) is 0 Å². The van der Waals surface area contributed by atoms with Crippen molar-refractivity contribution in [1.29, 1.82) is 0 Å². The van der Waals surface area contributed by atoms with Crippen molar-refractivity contribution in [3.63, 3.8) is 0 Å². The molecular formula is C19H30N2O4. The SMILES string of the molecule is CC[C@H](C)C(CNC(=O)OC(C)(C)C)NC(=O)OCc1ccccc1. The zero-order chi connectivity index (χ0) is 18.9. The zero-order valence-electron chi connectivity index (χ0n) is 15.8. The minimum absolute atomic E-state index is 0.180. The van der Waals surface area contributed by atoms with E-state index < -0.39 is 17.8 Å². The third-order valence-corrected chi connectivity index (χ3v) is 3.71. The summed E-state index contributed by atoms with van der Waals surface area (Å²) in [6.45, 7) is 9.94. The van der Waals surface area contributed by atoms with Crippen LogP contribution in [-0.2, 0) is 16.1 Å².